The van der Waals surface area contributed by atoms with E-state index < -0.39 is 10.0 Å². The van der Waals surface area contributed by atoms with Gasteiger partial charge in [-0.15, -0.1) is 0 Å². The third-order valence-corrected chi connectivity index (χ3v) is 6.03. The first-order valence-corrected chi connectivity index (χ1v) is 9.98. The molecule has 2 aromatic rings. The van der Waals surface area contributed by atoms with Gasteiger partial charge in [0.15, 0.2) is 0 Å². The van der Waals surface area contributed by atoms with Crippen LogP contribution < -0.4 is 4.72 Å². The SMILES string of the molecule is Cc1ccc(S(=O)(=O)NC[C@H](C)CN2CCCC2=O)c2cccnc12. The minimum Gasteiger partial charge on any atom is -0.342 e. The van der Waals surface area contributed by atoms with E-state index in [-0.39, 0.29) is 16.7 Å². The summed E-state index contributed by atoms with van der Waals surface area (Å²) in [6.45, 7) is 5.50. The summed E-state index contributed by atoms with van der Waals surface area (Å²) in [7, 11) is -3.64. The lowest BCUT2D eigenvalue weighted by molar-refractivity contribution is -0.128. The molecule has 1 fully saturated rings. The predicted molar refractivity (Wildman–Crippen MR) is 96.6 cm³/mol. The van der Waals surface area contributed by atoms with Gasteiger partial charge in [-0.25, -0.2) is 13.1 Å². The monoisotopic (exact) mass is 361 g/mol. The molecule has 7 heteroatoms. The molecule has 1 N–H and O–H groups in total. The van der Waals surface area contributed by atoms with Crippen LogP contribution in [-0.2, 0) is 14.8 Å². The number of benzene rings is 1. The number of nitrogens with one attached hydrogen (secondary N) is 1. The summed E-state index contributed by atoms with van der Waals surface area (Å²) in [5.74, 6) is 0.206. The van der Waals surface area contributed by atoms with Gasteiger partial charge in [0.1, 0.15) is 0 Å². The number of aromatic nitrogens is 1. The smallest absolute Gasteiger partial charge is 0.241 e. The Hall–Kier alpha value is -1.99. The fourth-order valence-corrected chi connectivity index (χ4v) is 4.55. The number of carbonyl (C=O) groups excluding carboxylic acids is 1. The number of likely N-dealkylation sites (tertiary alicyclic amines) is 1. The van der Waals surface area contributed by atoms with E-state index in [1.54, 1.807) is 30.5 Å². The molecule has 0 aliphatic carbocycles. The molecule has 1 aliphatic heterocycles. The summed E-state index contributed by atoms with van der Waals surface area (Å²) >= 11 is 0. The molecule has 134 valence electrons. The molecule has 0 spiro atoms. The Balaban J connectivity index is 1.74. The van der Waals surface area contributed by atoms with Crippen molar-refractivity contribution in [2.75, 3.05) is 19.6 Å². The summed E-state index contributed by atoms with van der Waals surface area (Å²) in [4.78, 5) is 18.0. The Bertz CT molecular complexity index is 896. The maximum atomic E-state index is 12.7. The van der Waals surface area contributed by atoms with Crippen molar-refractivity contribution in [1.29, 1.82) is 0 Å². The largest absolute Gasteiger partial charge is 0.342 e. The molecule has 3 rings (SSSR count). The van der Waals surface area contributed by atoms with Crippen molar-refractivity contribution >= 4 is 26.8 Å². The third kappa shape index (κ3) is 3.82. The van der Waals surface area contributed by atoms with Gasteiger partial charge in [0.2, 0.25) is 15.9 Å². The average Bonchev–Trinajstić information content (AvgIpc) is 2.98. The van der Waals surface area contributed by atoms with E-state index in [1.807, 2.05) is 18.7 Å². The molecule has 0 bridgehead atoms. The van der Waals surface area contributed by atoms with Gasteiger partial charge in [-0.1, -0.05) is 13.0 Å². The van der Waals surface area contributed by atoms with Crippen LogP contribution in [-0.4, -0.2) is 43.8 Å². The van der Waals surface area contributed by atoms with Crippen LogP contribution in [0.1, 0.15) is 25.3 Å². The van der Waals surface area contributed by atoms with Crippen molar-refractivity contribution in [2.45, 2.75) is 31.6 Å². The number of hydrogen-bond acceptors (Lipinski definition) is 4. The van der Waals surface area contributed by atoms with Crippen molar-refractivity contribution in [3.8, 4) is 0 Å². The Morgan fingerprint density at radius 2 is 2.12 bits per heavy atom. The molecule has 0 saturated carbocycles. The van der Waals surface area contributed by atoms with Crippen molar-refractivity contribution in [3.05, 3.63) is 36.0 Å². The van der Waals surface area contributed by atoms with Gasteiger partial charge in [0.25, 0.3) is 0 Å². The van der Waals surface area contributed by atoms with Gasteiger partial charge in [0, 0.05) is 37.6 Å². The zero-order chi connectivity index (χ0) is 18.0. The first-order valence-electron chi connectivity index (χ1n) is 8.50. The number of sulfonamides is 1. The average molecular weight is 361 g/mol. The first kappa shape index (κ1) is 17.8. The number of aryl methyl sites for hydroxylation is 1. The number of nitrogens with zero attached hydrogens (tertiary/aromatic N) is 2. The summed E-state index contributed by atoms with van der Waals surface area (Å²) < 4.78 is 28.2. The van der Waals surface area contributed by atoms with Crippen LogP contribution in [0.3, 0.4) is 0 Å². The highest BCUT2D eigenvalue weighted by Gasteiger charge is 2.23. The van der Waals surface area contributed by atoms with Crippen molar-refractivity contribution in [1.82, 2.24) is 14.6 Å². The molecule has 6 nitrogen and oxygen atoms in total. The van der Waals surface area contributed by atoms with Gasteiger partial charge >= 0.3 is 0 Å². The van der Waals surface area contributed by atoms with Crippen molar-refractivity contribution in [2.24, 2.45) is 5.92 Å². The molecule has 1 saturated heterocycles. The quantitative estimate of drug-likeness (QED) is 0.854. The Labute approximate surface area is 148 Å². The predicted octanol–water partition coefficient (Wildman–Crippen LogP) is 2.08. The molecule has 25 heavy (non-hydrogen) atoms. The molecular formula is C18H23N3O3S. The second-order valence-corrected chi connectivity index (χ2v) is 8.42. The standard InChI is InChI=1S/C18H23N3O3S/c1-13(12-21-10-4-6-17(21)22)11-20-25(23,24)16-8-7-14(2)18-15(16)5-3-9-19-18/h3,5,7-9,13,20H,4,6,10-12H2,1-2H3/t13-/m0/s1. The summed E-state index contributed by atoms with van der Waals surface area (Å²) in [5.41, 5.74) is 1.64. The molecule has 1 amide bonds. The second-order valence-electron chi connectivity index (χ2n) is 6.68. The minimum atomic E-state index is -3.64. The van der Waals surface area contributed by atoms with Crippen LogP contribution in [0.4, 0.5) is 0 Å². The van der Waals surface area contributed by atoms with E-state index >= 15 is 0 Å². The number of fused-ring (bicyclic) bond motifs is 1. The molecule has 1 atom stereocenters. The van der Waals surface area contributed by atoms with Crippen LogP contribution >= 0.6 is 0 Å². The van der Waals surface area contributed by atoms with Crippen LogP contribution in [0.5, 0.6) is 0 Å². The Kier molecular flexibility index (Phi) is 5.06. The van der Waals surface area contributed by atoms with Crippen LogP contribution in [0.2, 0.25) is 0 Å². The molecule has 0 unspecified atom stereocenters. The number of pyridine rings is 1. The van der Waals surface area contributed by atoms with Crippen LogP contribution in [0.15, 0.2) is 35.4 Å². The van der Waals surface area contributed by atoms with E-state index in [1.165, 1.54) is 0 Å². The van der Waals surface area contributed by atoms with E-state index in [0.717, 1.165) is 18.5 Å². The Morgan fingerprint density at radius 1 is 1.32 bits per heavy atom. The van der Waals surface area contributed by atoms with E-state index in [2.05, 4.69) is 9.71 Å². The lowest BCUT2D eigenvalue weighted by atomic mass is 10.1. The molecule has 2 heterocycles. The number of carbonyl (C=O) groups is 1. The fourth-order valence-electron chi connectivity index (χ4n) is 3.19. The highest BCUT2D eigenvalue weighted by molar-refractivity contribution is 7.89. The zero-order valence-electron chi connectivity index (χ0n) is 14.5. The van der Waals surface area contributed by atoms with Gasteiger partial charge in [-0.3, -0.25) is 9.78 Å². The maximum Gasteiger partial charge on any atom is 0.241 e. The zero-order valence-corrected chi connectivity index (χ0v) is 15.3. The summed E-state index contributed by atoms with van der Waals surface area (Å²) in [6, 6.07) is 6.91. The topological polar surface area (TPSA) is 79.4 Å². The van der Waals surface area contributed by atoms with E-state index in [0.29, 0.717) is 30.4 Å². The maximum absolute atomic E-state index is 12.7. The van der Waals surface area contributed by atoms with Gasteiger partial charge in [-0.05, 0) is 43.0 Å². The van der Waals surface area contributed by atoms with Gasteiger partial charge in [0.05, 0.1) is 10.4 Å². The van der Waals surface area contributed by atoms with Crippen LogP contribution in [0.25, 0.3) is 10.9 Å². The van der Waals surface area contributed by atoms with Gasteiger partial charge in [-0.2, -0.15) is 0 Å². The highest BCUT2D eigenvalue weighted by atomic mass is 32.2. The lowest BCUT2D eigenvalue weighted by Gasteiger charge is -2.21. The summed E-state index contributed by atoms with van der Waals surface area (Å²) in [6.07, 6.45) is 3.15. The lowest BCUT2D eigenvalue weighted by Crippen LogP contribution is -2.36. The fraction of sp³-hybridized carbons (Fsp3) is 0.444. The van der Waals surface area contributed by atoms with Gasteiger partial charge < -0.3 is 4.90 Å². The number of rotatable bonds is 6. The third-order valence-electron chi connectivity index (χ3n) is 4.55. The molecule has 1 aliphatic rings. The normalized spacial score (nSPS) is 16.6. The molecular weight excluding hydrogens is 338 g/mol. The Morgan fingerprint density at radius 3 is 2.84 bits per heavy atom. The van der Waals surface area contributed by atoms with Crippen molar-refractivity contribution < 1.29 is 13.2 Å². The van der Waals surface area contributed by atoms with Crippen molar-refractivity contribution in [3.63, 3.8) is 0 Å². The highest BCUT2D eigenvalue weighted by Crippen LogP contribution is 2.24. The first-order chi connectivity index (χ1) is 11.9. The number of hydrogen-bond donors (Lipinski definition) is 1. The second kappa shape index (κ2) is 7.09. The number of amides is 1. The van der Waals surface area contributed by atoms with Crippen LogP contribution in [0, 0.1) is 12.8 Å². The summed E-state index contributed by atoms with van der Waals surface area (Å²) in [5, 5.41) is 0.623. The molecule has 1 aromatic heterocycles. The molecule has 1 aromatic carbocycles. The van der Waals surface area contributed by atoms with E-state index in [4.69, 9.17) is 0 Å². The molecule has 0 radical (unpaired) electrons. The minimum absolute atomic E-state index is 0.0478. The van der Waals surface area contributed by atoms with E-state index in [9.17, 15) is 13.2 Å².